The minimum absolute atomic E-state index is 0.0538. The van der Waals surface area contributed by atoms with Gasteiger partial charge in [-0.1, -0.05) is 29.3 Å². The van der Waals surface area contributed by atoms with Gasteiger partial charge in [0.05, 0.1) is 12.3 Å². The summed E-state index contributed by atoms with van der Waals surface area (Å²) in [5.74, 6) is 0.758. The molecule has 1 atom stereocenters. The molecule has 1 saturated heterocycles. The zero-order chi connectivity index (χ0) is 15.5. The van der Waals surface area contributed by atoms with E-state index in [0.717, 1.165) is 19.4 Å². The molecule has 2 heterocycles. The van der Waals surface area contributed by atoms with Crippen molar-refractivity contribution in [3.8, 4) is 0 Å². The molecule has 114 valence electrons. The predicted molar refractivity (Wildman–Crippen MR) is 87.3 cm³/mol. The third-order valence-electron chi connectivity index (χ3n) is 4.10. The topological polar surface area (TPSA) is 33.5 Å². The highest BCUT2D eigenvalue weighted by molar-refractivity contribution is 5.91. The van der Waals surface area contributed by atoms with Gasteiger partial charge in [-0.2, -0.15) is 0 Å². The quantitative estimate of drug-likeness (QED) is 0.792. The van der Waals surface area contributed by atoms with Crippen LogP contribution in [0.15, 0.2) is 47.1 Å². The molecule has 3 heteroatoms. The Morgan fingerprint density at radius 3 is 2.73 bits per heavy atom. The highest BCUT2D eigenvalue weighted by Crippen LogP contribution is 2.33. The lowest BCUT2D eigenvalue weighted by atomic mass is 9.99. The van der Waals surface area contributed by atoms with Crippen LogP contribution in [0.5, 0.6) is 0 Å². The van der Waals surface area contributed by atoms with Crippen LogP contribution in [0.25, 0.3) is 6.08 Å². The Balaban J connectivity index is 1.79. The van der Waals surface area contributed by atoms with Gasteiger partial charge in [-0.15, -0.1) is 0 Å². The van der Waals surface area contributed by atoms with Crippen molar-refractivity contribution >= 4 is 12.0 Å². The second-order valence-corrected chi connectivity index (χ2v) is 5.96. The predicted octanol–water partition coefficient (Wildman–Crippen LogP) is 4.27. The Hall–Kier alpha value is -2.29. The number of furan rings is 1. The van der Waals surface area contributed by atoms with Crippen LogP contribution in [0.1, 0.15) is 41.3 Å². The summed E-state index contributed by atoms with van der Waals surface area (Å²) in [5, 5.41) is 0. The lowest BCUT2D eigenvalue weighted by molar-refractivity contribution is -0.126. The number of carbonyl (C=O) groups excluding carboxylic acids is 1. The number of aryl methyl sites for hydroxylation is 2. The molecular formula is C19H21NO2. The van der Waals surface area contributed by atoms with Crippen LogP contribution in [-0.2, 0) is 4.79 Å². The van der Waals surface area contributed by atoms with Crippen molar-refractivity contribution in [3.63, 3.8) is 0 Å². The molecule has 1 aliphatic rings. The maximum atomic E-state index is 12.5. The largest absolute Gasteiger partial charge is 0.465 e. The Kier molecular flexibility index (Phi) is 4.14. The Bertz CT molecular complexity index is 665. The number of likely N-dealkylation sites (tertiary alicyclic amines) is 1. The summed E-state index contributed by atoms with van der Waals surface area (Å²) in [7, 11) is 0. The number of hydrogen-bond donors (Lipinski definition) is 0. The molecule has 0 N–H and O–H groups in total. The molecule has 22 heavy (non-hydrogen) atoms. The second-order valence-electron chi connectivity index (χ2n) is 5.96. The second kappa shape index (κ2) is 6.22. The lowest BCUT2D eigenvalue weighted by Gasteiger charge is -2.24. The minimum Gasteiger partial charge on any atom is -0.465 e. The third kappa shape index (κ3) is 3.14. The normalized spacial score (nSPS) is 18.3. The van der Waals surface area contributed by atoms with Crippen LogP contribution >= 0.6 is 0 Å². The molecule has 0 radical (unpaired) electrons. The van der Waals surface area contributed by atoms with Gasteiger partial charge in [0.25, 0.3) is 0 Å². The molecule has 0 aliphatic carbocycles. The van der Waals surface area contributed by atoms with E-state index >= 15 is 0 Å². The molecule has 1 unspecified atom stereocenters. The SMILES string of the molecule is Cc1cc(C)cc(C2CCCN2C(=O)C=Cc2ccco2)c1. The Labute approximate surface area is 131 Å². The van der Waals surface area contributed by atoms with Gasteiger partial charge in [-0.05, 0) is 50.5 Å². The Morgan fingerprint density at radius 2 is 2.05 bits per heavy atom. The smallest absolute Gasteiger partial charge is 0.247 e. The summed E-state index contributed by atoms with van der Waals surface area (Å²) in [6, 6.07) is 10.4. The van der Waals surface area contributed by atoms with Gasteiger partial charge in [0.2, 0.25) is 5.91 Å². The fourth-order valence-corrected chi connectivity index (χ4v) is 3.21. The van der Waals surface area contributed by atoms with E-state index in [9.17, 15) is 4.79 Å². The van der Waals surface area contributed by atoms with Gasteiger partial charge in [0.1, 0.15) is 5.76 Å². The van der Waals surface area contributed by atoms with Crippen LogP contribution in [-0.4, -0.2) is 17.4 Å². The van der Waals surface area contributed by atoms with E-state index in [0.29, 0.717) is 5.76 Å². The van der Waals surface area contributed by atoms with E-state index in [1.54, 1.807) is 18.4 Å². The van der Waals surface area contributed by atoms with Crippen molar-refractivity contribution in [3.05, 3.63) is 65.1 Å². The minimum atomic E-state index is 0.0538. The van der Waals surface area contributed by atoms with E-state index in [1.165, 1.54) is 16.7 Å². The molecule has 0 bridgehead atoms. The fourth-order valence-electron chi connectivity index (χ4n) is 3.21. The van der Waals surface area contributed by atoms with Crippen molar-refractivity contribution in [1.82, 2.24) is 4.90 Å². The molecule has 1 amide bonds. The number of rotatable bonds is 3. The summed E-state index contributed by atoms with van der Waals surface area (Å²) in [5.41, 5.74) is 3.75. The zero-order valence-corrected chi connectivity index (χ0v) is 13.1. The zero-order valence-electron chi connectivity index (χ0n) is 13.1. The van der Waals surface area contributed by atoms with Gasteiger partial charge in [0.15, 0.2) is 0 Å². The van der Waals surface area contributed by atoms with Gasteiger partial charge in [-0.25, -0.2) is 0 Å². The van der Waals surface area contributed by atoms with Crippen molar-refractivity contribution in [2.45, 2.75) is 32.7 Å². The van der Waals surface area contributed by atoms with Gasteiger partial charge in [0, 0.05) is 12.6 Å². The van der Waals surface area contributed by atoms with Crippen molar-refractivity contribution < 1.29 is 9.21 Å². The molecule has 1 fully saturated rings. The molecule has 3 rings (SSSR count). The molecule has 1 aromatic carbocycles. The van der Waals surface area contributed by atoms with Crippen molar-refractivity contribution in [2.24, 2.45) is 0 Å². The van der Waals surface area contributed by atoms with E-state index < -0.39 is 0 Å². The van der Waals surface area contributed by atoms with E-state index in [-0.39, 0.29) is 11.9 Å². The van der Waals surface area contributed by atoms with Crippen molar-refractivity contribution in [1.29, 1.82) is 0 Å². The summed E-state index contributed by atoms with van der Waals surface area (Å²) >= 11 is 0. The monoisotopic (exact) mass is 295 g/mol. The standard InChI is InChI=1S/C19H21NO2/c1-14-11-15(2)13-16(12-14)18-6-3-9-20(18)19(21)8-7-17-5-4-10-22-17/h4-5,7-8,10-13,18H,3,6,9H2,1-2H3. The third-order valence-corrected chi connectivity index (χ3v) is 4.10. The highest BCUT2D eigenvalue weighted by Gasteiger charge is 2.28. The highest BCUT2D eigenvalue weighted by atomic mass is 16.3. The maximum Gasteiger partial charge on any atom is 0.247 e. The van der Waals surface area contributed by atoms with Crippen LogP contribution in [0.2, 0.25) is 0 Å². The van der Waals surface area contributed by atoms with Gasteiger partial charge in [-0.3, -0.25) is 4.79 Å². The number of carbonyl (C=O) groups is 1. The molecule has 0 spiro atoms. The summed E-state index contributed by atoms with van der Waals surface area (Å²) < 4.78 is 5.23. The van der Waals surface area contributed by atoms with E-state index in [1.807, 2.05) is 17.0 Å². The average Bonchev–Trinajstić information content (AvgIpc) is 3.15. The first-order valence-electron chi connectivity index (χ1n) is 7.74. The molecule has 1 aromatic heterocycles. The first kappa shape index (κ1) is 14.6. The maximum absolute atomic E-state index is 12.5. The summed E-state index contributed by atoms with van der Waals surface area (Å²) in [6.45, 7) is 5.03. The molecule has 3 nitrogen and oxygen atoms in total. The first-order chi connectivity index (χ1) is 10.6. The number of hydrogen-bond acceptors (Lipinski definition) is 2. The number of nitrogens with zero attached hydrogens (tertiary/aromatic N) is 1. The fraction of sp³-hybridized carbons (Fsp3) is 0.316. The lowest BCUT2D eigenvalue weighted by Crippen LogP contribution is -2.29. The molecule has 0 saturated carbocycles. The Morgan fingerprint density at radius 1 is 1.27 bits per heavy atom. The number of amides is 1. The summed E-state index contributed by atoms with van der Waals surface area (Å²) in [6.07, 6.45) is 7.04. The van der Waals surface area contributed by atoms with Crippen LogP contribution in [0, 0.1) is 13.8 Å². The molecule has 2 aromatic rings. The number of benzene rings is 1. The first-order valence-corrected chi connectivity index (χ1v) is 7.74. The van der Waals surface area contributed by atoms with Crippen LogP contribution in [0.4, 0.5) is 0 Å². The van der Waals surface area contributed by atoms with Gasteiger partial charge >= 0.3 is 0 Å². The van der Waals surface area contributed by atoms with Gasteiger partial charge < -0.3 is 9.32 Å². The summed E-state index contributed by atoms with van der Waals surface area (Å²) in [4.78, 5) is 14.5. The van der Waals surface area contributed by atoms with Crippen LogP contribution < -0.4 is 0 Å². The van der Waals surface area contributed by atoms with E-state index in [2.05, 4.69) is 32.0 Å². The van der Waals surface area contributed by atoms with Crippen molar-refractivity contribution in [2.75, 3.05) is 6.54 Å². The average molecular weight is 295 g/mol. The molecule has 1 aliphatic heterocycles. The van der Waals surface area contributed by atoms with E-state index in [4.69, 9.17) is 4.42 Å². The van der Waals surface area contributed by atoms with Crippen LogP contribution in [0.3, 0.4) is 0 Å². The molecular weight excluding hydrogens is 274 g/mol.